The molecule has 1 aromatic carbocycles. The number of hydrogen-bond acceptors (Lipinski definition) is 4. The van der Waals surface area contributed by atoms with E-state index in [1.807, 2.05) is 14.1 Å². The zero-order valence-electron chi connectivity index (χ0n) is 11.6. The lowest BCUT2D eigenvalue weighted by Crippen LogP contribution is -2.43. The van der Waals surface area contributed by atoms with Crippen LogP contribution >= 0.6 is 11.6 Å². The van der Waals surface area contributed by atoms with E-state index in [9.17, 15) is 0 Å². The van der Waals surface area contributed by atoms with E-state index in [-0.39, 0.29) is 11.4 Å². The number of likely N-dealkylation sites (N-methyl/N-ethyl adjacent to an activating group) is 1. The van der Waals surface area contributed by atoms with Gasteiger partial charge in [-0.05, 0) is 46.1 Å². The highest BCUT2D eigenvalue weighted by Crippen LogP contribution is 2.24. The van der Waals surface area contributed by atoms with E-state index in [4.69, 9.17) is 27.3 Å². The molecule has 0 saturated heterocycles. The largest absolute Gasteiger partial charge is 0.491 e. The quantitative estimate of drug-likeness (QED) is 0.376. The lowest BCUT2D eigenvalue weighted by atomic mass is 10.1. The van der Waals surface area contributed by atoms with Crippen molar-refractivity contribution in [3.63, 3.8) is 0 Å². The van der Waals surface area contributed by atoms with Gasteiger partial charge in [-0.1, -0.05) is 16.8 Å². The fourth-order valence-electron chi connectivity index (χ4n) is 1.27. The molecule has 0 aliphatic carbocycles. The van der Waals surface area contributed by atoms with Gasteiger partial charge in [-0.15, -0.1) is 0 Å². The monoisotopic (exact) mass is 285 g/mol. The number of hydrogen-bond donors (Lipinski definition) is 2. The topological polar surface area (TPSA) is 71.1 Å². The minimum Gasteiger partial charge on any atom is -0.491 e. The molecule has 0 spiro atoms. The summed E-state index contributed by atoms with van der Waals surface area (Å²) in [7, 11) is 3.96. The van der Waals surface area contributed by atoms with Crippen molar-refractivity contribution in [2.75, 3.05) is 20.7 Å². The van der Waals surface area contributed by atoms with Crippen molar-refractivity contribution < 1.29 is 9.94 Å². The van der Waals surface area contributed by atoms with E-state index < -0.39 is 0 Å². The average molecular weight is 286 g/mol. The van der Waals surface area contributed by atoms with Crippen molar-refractivity contribution in [1.82, 2.24) is 4.90 Å². The third kappa shape index (κ3) is 4.01. The molecule has 0 unspecified atom stereocenters. The number of nitrogens with zero attached hydrogens (tertiary/aromatic N) is 2. The van der Waals surface area contributed by atoms with Gasteiger partial charge in [-0.25, -0.2) is 0 Å². The molecule has 1 aromatic rings. The molecule has 3 N–H and O–H groups in total. The van der Waals surface area contributed by atoms with Crippen molar-refractivity contribution in [1.29, 1.82) is 0 Å². The Hall–Kier alpha value is -1.46. The third-order valence-electron chi connectivity index (χ3n) is 3.12. The van der Waals surface area contributed by atoms with E-state index in [2.05, 4.69) is 23.9 Å². The molecule has 0 heterocycles. The zero-order valence-corrected chi connectivity index (χ0v) is 12.4. The standard InChI is InChI=1S/C13H20ClN3O2/c1-13(2,17(3)4)8-19-11-6-5-9(14)7-10(11)12(15)16-18/h5-7,18H,8H2,1-4H3,(H2,15,16). The van der Waals surface area contributed by atoms with Crippen LogP contribution in [0, 0.1) is 0 Å². The third-order valence-corrected chi connectivity index (χ3v) is 3.35. The van der Waals surface area contributed by atoms with Gasteiger partial charge in [-0.2, -0.15) is 0 Å². The summed E-state index contributed by atoms with van der Waals surface area (Å²) in [5.74, 6) is 0.509. The second-order valence-electron chi connectivity index (χ2n) is 5.12. The lowest BCUT2D eigenvalue weighted by molar-refractivity contribution is 0.114. The van der Waals surface area contributed by atoms with Gasteiger partial charge in [0.2, 0.25) is 0 Å². The molecule has 19 heavy (non-hydrogen) atoms. The first-order valence-electron chi connectivity index (χ1n) is 5.85. The minimum atomic E-state index is -0.137. The summed E-state index contributed by atoms with van der Waals surface area (Å²) >= 11 is 5.90. The maximum atomic E-state index is 8.78. The second kappa shape index (κ2) is 6.12. The Balaban J connectivity index is 2.96. The molecule has 0 aromatic heterocycles. The highest BCUT2D eigenvalue weighted by Gasteiger charge is 2.22. The molecule has 0 aliphatic rings. The molecule has 0 radical (unpaired) electrons. The summed E-state index contributed by atoms with van der Waals surface area (Å²) in [4.78, 5) is 2.06. The van der Waals surface area contributed by atoms with Gasteiger partial charge in [-0.3, -0.25) is 0 Å². The number of amidine groups is 1. The summed E-state index contributed by atoms with van der Waals surface area (Å²) < 4.78 is 5.77. The molecular formula is C13H20ClN3O2. The number of halogens is 1. The number of ether oxygens (including phenoxy) is 1. The van der Waals surface area contributed by atoms with E-state index in [0.29, 0.717) is 22.9 Å². The van der Waals surface area contributed by atoms with Crippen LogP contribution in [-0.4, -0.2) is 42.2 Å². The van der Waals surface area contributed by atoms with Crippen molar-refractivity contribution in [2.45, 2.75) is 19.4 Å². The van der Waals surface area contributed by atoms with Gasteiger partial charge < -0.3 is 20.6 Å². The van der Waals surface area contributed by atoms with Crippen LogP contribution in [0.3, 0.4) is 0 Å². The lowest BCUT2D eigenvalue weighted by Gasteiger charge is -2.32. The Morgan fingerprint density at radius 2 is 2.11 bits per heavy atom. The Kier molecular flexibility index (Phi) is 5.03. The zero-order chi connectivity index (χ0) is 14.6. The Morgan fingerprint density at radius 1 is 1.47 bits per heavy atom. The summed E-state index contributed by atoms with van der Waals surface area (Å²) in [5.41, 5.74) is 5.95. The van der Waals surface area contributed by atoms with Crippen LogP contribution in [0.4, 0.5) is 0 Å². The Bertz CT molecular complexity index is 473. The molecule has 0 fully saturated rings. The SMILES string of the molecule is CN(C)C(C)(C)COc1ccc(Cl)cc1C(N)=NO. The van der Waals surface area contributed by atoms with Crippen molar-refractivity contribution in [2.24, 2.45) is 10.9 Å². The van der Waals surface area contributed by atoms with E-state index >= 15 is 0 Å². The first kappa shape index (κ1) is 15.6. The molecule has 5 nitrogen and oxygen atoms in total. The summed E-state index contributed by atoms with van der Waals surface area (Å²) in [5, 5.41) is 12.3. The first-order chi connectivity index (χ1) is 8.77. The first-order valence-corrected chi connectivity index (χ1v) is 6.23. The maximum absolute atomic E-state index is 8.78. The Labute approximate surface area is 118 Å². The van der Waals surface area contributed by atoms with Crippen LogP contribution in [0.1, 0.15) is 19.4 Å². The summed E-state index contributed by atoms with van der Waals surface area (Å²) in [6.45, 7) is 4.59. The summed E-state index contributed by atoms with van der Waals surface area (Å²) in [6.07, 6.45) is 0. The van der Waals surface area contributed by atoms with Crippen LogP contribution in [-0.2, 0) is 0 Å². The van der Waals surface area contributed by atoms with E-state index in [0.717, 1.165) is 0 Å². The van der Waals surface area contributed by atoms with Gasteiger partial charge in [0, 0.05) is 10.6 Å². The molecule has 0 aliphatic heterocycles. The normalized spacial score (nSPS) is 12.8. The average Bonchev–Trinajstić information content (AvgIpc) is 2.36. The highest BCUT2D eigenvalue weighted by atomic mass is 35.5. The minimum absolute atomic E-state index is 0.0276. The van der Waals surface area contributed by atoms with Crippen LogP contribution in [0.5, 0.6) is 5.75 Å². The van der Waals surface area contributed by atoms with Crippen LogP contribution < -0.4 is 10.5 Å². The second-order valence-corrected chi connectivity index (χ2v) is 5.56. The fourth-order valence-corrected chi connectivity index (χ4v) is 1.44. The van der Waals surface area contributed by atoms with Gasteiger partial charge in [0.15, 0.2) is 5.84 Å². The van der Waals surface area contributed by atoms with Crippen molar-refractivity contribution in [3.8, 4) is 5.75 Å². The summed E-state index contributed by atoms with van der Waals surface area (Å²) in [6, 6.07) is 5.02. The highest BCUT2D eigenvalue weighted by molar-refractivity contribution is 6.31. The molecule has 0 atom stereocenters. The molecule has 1 rings (SSSR count). The Morgan fingerprint density at radius 3 is 2.63 bits per heavy atom. The van der Waals surface area contributed by atoms with Gasteiger partial charge in [0.25, 0.3) is 0 Å². The van der Waals surface area contributed by atoms with E-state index in [1.165, 1.54) is 0 Å². The van der Waals surface area contributed by atoms with Gasteiger partial charge in [0.1, 0.15) is 12.4 Å². The van der Waals surface area contributed by atoms with Crippen molar-refractivity contribution in [3.05, 3.63) is 28.8 Å². The van der Waals surface area contributed by atoms with Crippen molar-refractivity contribution >= 4 is 17.4 Å². The van der Waals surface area contributed by atoms with E-state index in [1.54, 1.807) is 18.2 Å². The van der Waals surface area contributed by atoms with Crippen LogP contribution in [0.2, 0.25) is 5.02 Å². The van der Waals surface area contributed by atoms with Gasteiger partial charge in [0.05, 0.1) is 5.56 Å². The number of rotatable bonds is 5. The number of benzene rings is 1. The van der Waals surface area contributed by atoms with Crippen LogP contribution in [0.15, 0.2) is 23.4 Å². The van der Waals surface area contributed by atoms with Gasteiger partial charge >= 0.3 is 0 Å². The predicted molar refractivity (Wildman–Crippen MR) is 77.2 cm³/mol. The molecule has 106 valence electrons. The smallest absolute Gasteiger partial charge is 0.173 e. The van der Waals surface area contributed by atoms with Crippen LogP contribution in [0.25, 0.3) is 0 Å². The predicted octanol–water partition coefficient (Wildman–Crippen LogP) is 2.15. The molecule has 0 saturated carbocycles. The fraction of sp³-hybridized carbons (Fsp3) is 0.462. The number of nitrogens with two attached hydrogens (primary N) is 1. The number of oxime groups is 1. The molecular weight excluding hydrogens is 266 g/mol. The molecule has 0 bridgehead atoms. The maximum Gasteiger partial charge on any atom is 0.173 e. The molecule has 6 heteroatoms. The molecule has 0 amide bonds.